The van der Waals surface area contributed by atoms with Gasteiger partial charge in [-0.2, -0.15) is 0 Å². The second-order valence-corrected chi connectivity index (χ2v) is 4.61. The molecule has 92 valence electrons. The Hall–Kier alpha value is -1.78. The third-order valence-corrected chi connectivity index (χ3v) is 3.64. The van der Waals surface area contributed by atoms with Crippen LogP contribution in [0.1, 0.15) is 32.6 Å². The molecule has 0 heterocycles. The number of nitrogens with two attached hydrogens (primary N) is 1. The molecule has 1 aromatic rings. The largest absolute Gasteiger partial charge is 0.393 e. The number of anilines is 2. The molecule has 1 aliphatic rings. The lowest BCUT2D eigenvalue weighted by Gasteiger charge is -2.42. The van der Waals surface area contributed by atoms with Crippen LogP contribution in [0.4, 0.5) is 17.1 Å². The van der Waals surface area contributed by atoms with E-state index >= 15 is 0 Å². The molecule has 1 saturated carbocycles. The van der Waals surface area contributed by atoms with Crippen molar-refractivity contribution in [1.29, 1.82) is 0 Å². The molecule has 0 spiro atoms. The number of nitrogen functional groups attached to an aromatic ring is 1. The van der Waals surface area contributed by atoms with Crippen molar-refractivity contribution in [2.45, 2.75) is 38.1 Å². The number of rotatable bonds is 4. The highest BCUT2D eigenvalue weighted by atomic mass is 16.6. The fourth-order valence-corrected chi connectivity index (χ4v) is 2.32. The van der Waals surface area contributed by atoms with Gasteiger partial charge in [0.15, 0.2) is 0 Å². The molecule has 0 atom stereocenters. The van der Waals surface area contributed by atoms with Gasteiger partial charge in [-0.05, 0) is 37.8 Å². The molecule has 1 aromatic carbocycles. The molecule has 0 aromatic heterocycles. The number of nitrogens with one attached hydrogen (secondary N) is 1. The highest BCUT2D eigenvalue weighted by Gasteiger charge is 2.36. The van der Waals surface area contributed by atoms with Crippen LogP contribution in [0.5, 0.6) is 0 Å². The van der Waals surface area contributed by atoms with E-state index in [1.54, 1.807) is 18.2 Å². The summed E-state index contributed by atoms with van der Waals surface area (Å²) in [6.45, 7) is 2.10. The van der Waals surface area contributed by atoms with E-state index in [4.69, 9.17) is 5.73 Å². The molecule has 2 rings (SSSR count). The van der Waals surface area contributed by atoms with Crippen molar-refractivity contribution in [2.24, 2.45) is 0 Å². The van der Waals surface area contributed by atoms with Crippen LogP contribution >= 0.6 is 0 Å². The van der Waals surface area contributed by atoms with Gasteiger partial charge in [-0.3, -0.25) is 10.1 Å². The lowest BCUT2D eigenvalue weighted by molar-refractivity contribution is -0.383. The Morgan fingerprint density at radius 2 is 2.24 bits per heavy atom. The predicted molar refractivity (Wildman–Crippen MR) is 68.0 cm³/mol. The minimum Gasteiger partial charge on any atom is -0.393 e. The minimum atomic E-state index is -0.417. The van der Waals surface area contributed by atoms with Crippen molar-refractivity contribution < 1.29 is 4.92 Å². The Morgan fingerprint density at radius 3 is 2.71 bits per heavy atom. The number of hydrogen-bond acceptors (Lipinski definition) is 4. The molecule has 5 nitrogen and oxygen atoms in total. The molecule has 0 unspecified atom stereocenters. The molecular weight excluding hydrogens is 218 g/mol. The van der Waals surface area contributed by atoms with Gasteiger partial charge < -0.3 is 11.1 Å². The van der Waals surface area contributed by atoms with Crippen LogP contribution in [0.2, 0.25) is 0 Å². The Kier molecular flexibility index (Phi) is 2.92. The number of nitro groups is 1. The maximum Gasteiger partial charge on any atom is 0.314 e. The summed E-state index contributed by atoms with van der Waals surface area (Å²) < 4.78 is 0. The standard InChI is InChI=1S/C12H17N3O2/c1-2-12(7-4-8-12)14-10-6-3-5-9(13)11(10)15(16)17/h3,5-6,14H,2,4,7-8,13H2,1H3. The van der Waals surface area contributed by atoms with Gasteiger partial charge in [-0.1, -0.05) is 13.0 Å². The predicted octanol–water partition coefficient (Wildman–Crippen LogP) is 2.92. The molecule has 0 bridgehead atoms. The fourth-order valence-electron chi connectivity index (χ4n) is 2.32. The topological polar surface area (TPSA) is 81.2 Å². The Labute approximate surface area is 100 Å². The highest BCUT2D eigenvalue weighted by molar-refractivity contribution is 5.75. The van der Waals surface area contributed by atoms with E-state index in [0.717, 1.165) is 19.3 Å². The zero-order chi connectivity index (χ0) is 12.5. The van der Waals surface area contributed by atoms with Crippen LogP contribution in [-0.2, 0) is 0 Å². The first-order valence-corrected chi connectivity index (χ1v) is 5.89. The van der Waals surface area contributed by atoms with Gasteiger partial charge >= 0.3 is 5.69 Å². The van der Waals surface area contributed by atoms with Crippen molar-refractivity contribution in [3.05, 3.63) is 28.3 Å². The second kappa shape index (κ2) is 4.24. The van der Waals surface area contributed by atoms with Crippen LogP contribution in [0.15, 0.2) is 18.2 Å². The van der Waals surface area contributed by atoms with Gasteiger partial charge in [-0.15, -0.1) is 0 Å². The van der Waals surface area contributed by atoms with Crippen molar-refractivity contribution in [3.63, 3.8) is 0 Å². The molecule has 5 heteroatoms. The van der Waals surface area contributed by atoms with Crippen LogP contribution in [0, 0.1) is 10.1 Å². The molecule has 1 fully saturated rings. The van der Waals surface area contributed by atoms with E-state index in [1.165, 1.54) is 6.42 Å². The molecule has 17 heavy (non-hydrogen) atoms. The van der Waals surface area contributed by atoms with Gasteiger partial charge in [0.05, 0.1) is 4.92 Å². The lowest BCUT2D eigenvalue weighted by Crippen LogP contribution is -2.44. The fraction of sp³-hybridized carbons (Fsp3) is 0.500. The molecule has 0 aliphatic heterocycles. The number of hydrogen-bond donors (Lipinski definition) is 2. The van der Waals surface area contributed by atoms with Gasteiger partial charge in [0.25, 0.3) is 0 Å². The number of para-hydroxylation sites is 1. The van der Waals surface area contributed by atoms with E-state index in [0.29, 0.717) is 5.69 Å². The maximum atomic E-state index is 11.0. The van der Waals surface area contributed by atoms with E-state index in [9.17, 15) is 10.1 Å². The first-order valence-electron chi connectivity index (χ1n) is 5.89. The third kappa shape index (κ3) is 2.05. The van der Waals surface area contributed by atoms with Crippen LogP contribution in [0.25, 0.3) is 0 Å². The Morgan fingerprint density at radius 1 is 1.53 bits per heavy atom. The molecule has 0 radical (unpaired) electrons. The van der Waals surface area contributed by atoms with Gasteiger partial charge in [0, 0.05) is 5.54 Å². The summed E-state index contributed by atoms with van der Waals surface area (Å²) in [5.74, 6) is 0. The zero-order valence-corrected chi connectivity index (χ0v) is 9.90. The average molecular weight is 235 g/mol. The van der Waals surface area contributed by atoms with Crippen LogP contribution < -0.4 is 11.1 Å². The minimum absolute atomic E-state index is 0.00720. The first-order chi connectivity index (χ1) is 8.08. The summed E-state index contributed by atoms with van der Waals surface area (Å²) in [5.41, 5.74) is 6.43. The number of benzene rings is 1. The molecule has 0 amide bonds. The average Bonchev–Trinajstić information content (AvgIpc) is 2.23. The zero-order valence-electron chi connectivity index (χ0n) is 9.90. The normalized spacial score (nSPS) is 17.2. The SMILES string of the molecule is CCC1(Nc2cccc(N)c2[N+](=O)[O-])CCC1. The maximum absolute atomic E-state index is 11.0. The van der Waals surface area contributed by atoms with E-state index in [-0.39, 0.29) is 16.9 Å². The summed E-state index contributed by atoms with van der Waals surface area (Å²) >= 11 is 0. The second-order valence-electron chi connectivity index (χ2n) is 4.61. The van der Waals surface area contributed by atoms with Crippen molar-refractivity contribution in [3.8, 4) is 0 Å². The Bertz CT molecular complexity index is 436. The summed E-state index contributed by atoms with van der Waals surface area (Å²) in [7, 11) is 0. The Balaban J connectivity index is 2.32. The summed E-state index contributed by atoms with van der Waals surface area (Å²) in [5, 5.41) is 14.3. The molecule has 0 saturated heterocycles. The molecule has 3 N–H and O–H groups in total. The number of nitrogens with zero attached hydrogens (tertiary/aromatic N) is 1. The summed E-state index contributed by atoms with van der Waals surface area (Å²) in [6.07, 6.45) is 4.28. The summed E-state index contributed by atoms with van der Waals surface area (Å²) in [6, 6.07) is 5.03. The van der Waals surface area contributed by atoms with E-state index < -0.39 is 4.92 Å². The molecule has 1 aliphatic carbocycles. The summed E-state index contributed by atoms with van der Waals surface area (Å²) in [4.78, 5) is 10.6. The monoisotopic (exact) mass is 235 g/mol. The third-order valence-electron chi connectivity index (χ3n) is 3.64. The van der Waals surface area contributed by atoms with Crippen LogP contribution in [-0.4, -0.2) is 10.5 Å². The number of nitro benzene ring substituents is 1. The van der Waals surface area contributed by atoms with Crippen molar-refractivity contribution in [1.82, 2.24) is 0 Å². The van der Waals surface area contributed by atoms with Gasteiger partial charge in [0.2, 0.25) is 0 Å². The van der Waals surface area contributed by atoms with E-state index in [1.807, 2.05) is 0 Å². The quantitative estimate of drug-likeness (QED) is 0.477. The molecular formula is C12H17N3O2. The van der Waals surface area contributed by atoms with Gasteiger partial charge in [-0.25, -0.2) is 0 Å². The highest BCUT2D eigenvalue weighted by Crippen LogP contribution is 2.41. The van der Waals surface area contributed by atoms with Crippen molar-refractivity contribution >= 4 is 17.1 Å². The van der Waals surface area contributed by atoms with Gasteiger partial charge in [0.1, 0.15) is 11.4 Å². The van der Waals surface area contributed by atoms with Crippen molar-refractivity contribution in [2.75, 3.05) is 11.1 Å². The van der Waals surface area contributed by atoms with E-state index in [2.05, 4.69) is 12.2 Å². The van der Waals surface area contributed by atoms with Crippen LogP contribution in [0.3, 0.4) is 0 Å². The smallest absolute Gasteiger partial charge is 0.314 e. The first kappa shape index (κ1) is 11.7. The lowest BCUT2D eigenvalue weighted by atomic mass is 9.74.